The van der Waals surface area contributed by atoms with Gasteiger partial charge in [-0.25, -0.2) is 9.97 Å². The molecule has 1 N–H and O–H groups in total. The number of hydrogen-bond donors (Lipinski definition) is 1. The predicted octanol–water partition coefficient (Wildman–Crippen LogP) is 5.87. The maximum atomic E-state index is 13.3. The molecule has 0 bridgehead atoms. The molecule has 0 aliphatic carbocycles. The number of anilines is 2. The van der Waals surface area contributed by atoms with Crippen molar-refractivity contribution in [3.8, 4) is 17.3 Å². The number of nitrogens with zero attached hydrogens (tertiary/aromatic N) is 5. The van der Waals surface area contributed by atoms with Crippen LogP contribution in [0.15, 0.2) is 47.3 Å². The molecule has 4 heterocycles. The van der Waals surface area contributed by atoms with E-state index in [1.165, 1.54) is 6.26 Å². The molecule has 4 aromatic rings. The summed E-state index contributed by atoms with van der Waals surface area (Å²) in [5.41, 5.74) is 3.39. The first kappa shape index (κ1) is 27.8. The summed E-state index contributed by atoms with van der Waals surface area (Å²) in [4.78, 5) is 24.2. The number of oxazole rings is 1. The van der Waals surface area contributed by atoms with Crippen molar-refractivity contribution in [1.29, 1.82) is 0 Å². The number of benzene rings is 1. The number of aryl methyl sites for hydroxylation is 1. The highest BCUT2D eigenvalue weighted by molar-refractivity contribution is 6.74. The summed E-state index contributed by atoms with van der Waals surface area (Å²) in [6, 6.07) is 7.49. The molecule has 0 radical (unpaired) electrons. The largest absolute Gasteiger partial charge is 0.481 e. The molecule has 0 atom stereocenters. The van der Waals surface area contributed by atoms with Gasteiger partial charge in [-0.2, -0.15) is 5.10 Å². The third-order valence-corrected chi connectivity index (χ3v) is 12.5. The number of pyridine rings is 1. The fourth-order valence-electron chi connectivity index (χ4n) is 4.70. The number of ether oxygens (including phenoxy) is 1. The normalized spacial score (nSPS) is 15.0. The summed E-state index contributed by atoms with van der Waals surface area (Å²) in [5, 5.41) is 8.81. The van der Waals surface area contributed by atoms with Gasteiger partial charge in [-0.3, -0.25) is 9.48 Å². The standard InChI is InChI=1S/C29H38N6O4Si/c1-29(2,3)40(6,7)39-21-9-12-35(13-10-21)25-16-22-20(17-34(4)33-22)14-23(25)31-27(36)24-18-38-28(32-24)19-8-11-30-26(15-19)37-5/h8,11,14-18,21H,9-10,12-13H2,1-7H3,(H,31,36). The molecule has 5 rings (SSSR count). The summed E-state index contributed by atoms with van der Waals surface area (Å²) in [5.74, 6) is 0.406. The van der Waals surface area contributed by atoms with Crippen LogP contribution in [0.4, 0.5) is 11.4 Å². The van der Waals surface area contributed by atoms with Crippen LogP contribution in [0.2, 0.25) is 18.1 Å². The van der Waals surface area contributed by atoms with Crippen LogP contribution in [0.3, 0.4) is 0 Å². The fourth-order valence-corrected chi connectivity index (χ4v) is 6.13. The zero-order valence-electron chi connectivity index (χ0n) is 24.3. The first-order chi connectivity index (χ1) is 18.9. The molecule has 3 aromatic heterocycles. The van der Waals surface area contributed by atoms with E-state index in [9.17, 15) is 4.79 Å². The highest BCUT2D eigenvalue weighted by Gasteiger charge is 2.39. The highest BCUT2D eigenvalue weighted by atomic mass is 28.4. The van der Waals surface area contributed by atoms with Crippen LogP contribution < -0.4 is 15.0 Å². The second-order valence-electron chi connectivity index (χ2n) is 11.9. The molecule has 1 aliphatic heterocycles. The van der Waals surface area contributed by atoms with Crippen molar-refractivity contribution in [3.05, 3.63) is 48.6 Å². The van der Waals surface area contributed by atoms with E-state index in [1.807, 2.05) is 19.3 Å². The van der Waals surface area contributed by atoms with Gasteiger partial charge in [0.1, 0.15) is 6.26 Å². The average molecular weight is 563 g/mol. The summed E-state index contributed by atoms with van der Waals surface area (Å²) in [6.45, 7) is 13.1. The molecule has 11 heteroatoms. The van der Waals surface area contributed by atoms with Gasteiger partial charge in [0.2, 0.25) is 11.8 Å². The smallest absolute Gasteiger partial charge is 0.277 e. The Bertz CT molecular complexity index is 1510. The number of hydrogen-bond acceptors (Lipinski definition) is 8. The highest BCUT2D eigenvalue weighted by Crippen LogP contribution is 2.39. The molecule has 212 valence electrons. The minimum absolute atomic E-state index is 0.177. The second-order valence-corrected chi connectivity index (χ2v) is 16.6. The number of piperidine rings is 1. The molecule has 1 fully saturated rings. The number of carbonyl (C=O) groups excluding carboxylic acids is 1. The van der Waals surface area contributed by atoms with Gasteiger partial charge in [0.05, 0.1) is 24.0 Å². The monoisotopic (exact) mass is 562 g/mol. The Labute approximate surface area is 235 Å². The van der Waals surface area contributed by atoms with Gasteiger partial charge in [0, 0.05) is 55.7 Å². The molecule has 1 saturated heterocycles. The number of methoxy groups -OCH3 is 1. The van der Waals surface area contributed by atoms with E-state index >= 15 is 0 Å². The van der Waals surface area contributed by atoms with Gasteiger partial charge in [0.25, 0.3) is 5.91 Å². The molecular formula is C29H38N6O4Si. The molecule has 10 nitrogen and oxygen atoms in total. The van der Waals surface area contributed by atoms with Crippen molar-refractivity contribution < 1.29 is 18.4 Å². The average Bonchev–Trinajstić information content (AvgIpc) is 3.54. The summed E-state index contributed by atoms with van der Waals surface area (Å²) >= 11 is 0. The first-order valence-electron chi connectivity index (χ1n) is 13.6. The topological polar surface area (TPSA) is 108 Å². The number of aromatic nitrogens is 4. The van der Waals surface area contributed by atoms with Crippen molar-refractivity contribution in [2.45, 2.75) is 57.8 Å². The molecule has 0 spiro atoms. The van der Waals surface area contributed by atoms with Crippen LogP contribution in [0.5, 0.6) is 5.88 Å². The SMILES string of the molecule is COc1cc(-c2nc(C(=O)Nc3cc4cn(C)nc4cc3N3CCC(O[Si](C)(C)C(C)(C)C)CC3)co2)ccn1. The number of fused-ring (bicyclic) bond motifs is 1. The Hall–Kier alpha value is -3.70. The number of carbonyl (C=O) groups is 1. The maximum Gasteiger partial charge on any atom is 0.277 e. The first-order valence-corrected chi connectivity index (χ1v) is 16.5. The van der Waals surface area contributed by atoms with Crippen LogP contribution in [0, 0.1) is 0 Å². The van der Waals surface area contributed by atoms with Gasteiger partial charge in [0.15, 0.2) is 14.0 Å². The molecule has 0 saturated carbocycles. The van der Waals surface area contributed by atoms with Gasteiger partial charge in [-0.05, 0) is 49.2 Å². The summed E-state index contributed by atoms with van der Waals surface area (Å²) in [6.07, 6.45) is 7.02. The third-order valence-electron chi connectivity index (χ3n) is 7.96. The molecule has 0 unspecified atom stereocenters. The molecule has 1 amide bonds. The zero-order valence-corrected chi connectivity index (χ0v) is 25.3. The van der Waals surface area contributed by atoms with Crippen molar-refractivity contribution in [2.24, 2.45) is 7.05 Å². The molecule has 1 aliphatic rings. The summed E-state index contributed by atoms with van der Waals surface area (Å²) < 4.78 is 19.3. The quantitative estimate of drug-likeness (QED) is 0.279. The van der Waals surface area contributed by atoms with E-state index in [4.69, 9.17) is 13.6 Å². The van der Waals surface area contributed by atoms with Crippen LogP contribution in [-0.2, 0) is 11.5 Å². The third kappa shape index (κ3) is 5.75. The Kier molecular flexibility index (Phi) is 7.45. The van der Waals surface area contributed by atoms with E-state index in [0.717, 1.165) is 42.5 Å². The van der Waals surface area contributed by atoms with Crippen LogP contribution >= 0.6 is 0 Å². The van der Waals surface area contributed by atoms with E-state index < -0.39 is 8.32 Å². The van der Waals surface area contributed by atoms with Gasteiger partial charge in [-0.1, -0.05) is 20.8 Å². The van der Waals surface area contributed by atoms with E-state index in [1.54, 1.807) is 30.1 Å². The van der Waals surface area contributed by atoms with Crippen LogP contribution in [-0.4, -0.2) is 60.3 Å². The van der Waals surface area contributed by atoms with Crippen LogP contribution in [0.1, 0.15) is 44.1 Å². The zero-order chi connectivity index (χ0) is 28.7. The van der Waals surface area contributed by atoms with Crippen molar-refractivity contribution in [2.75, 3.05) is 30.4 Å². The van der Waals surface area contributed by atoms with Crippen LogP contribution in [0.25, 0.3) is 22.4 Å². The lowest BCUT2D eigenvalue weighted by molar-refractivity contribution is 0.102. The second kappa shape index (κ2) is 10.7. The molecule has 40 heavy (non-hydrogen) atoms. The number of amides is 1. The number of rotatable bonds is 7. The van der Waals surface area contributed by atoms with Gasteiger partial charge < -0.3 is 23.8 Å². The van der Waals surface area contributed by atoms with E-state index in [2.05, 4.69) is 65.2 Å². The van der Waals surface area contributed by atoms with Gasteiger partial charge >= 0.3 is 0 Å². The van der Waals surface area contributed by atoms with Crippen molar-refractivity contribution in [1.82, 2.24) is 19.7 Å². The molecule has 1 aromatic carbocycles. The number of nitrogens with one attached hydrogen (secondary N) is 1. The van der Waals surface area contributed by atoms with Crippen molar-refractivity contribution in [3.63, 3.8) is 0 Å². The minimum atomic E-state index is -1.84. The maximum absolute atomic E-state index is 13.3. The van der Waals surface area contributed by atoms with Crippen molar-refractivity contribution >= 4 is 36.5 Å². The van der Waals surface area contributed by atoms with Gasteiger partial charge in [-0.15, -0.1) is 0 Å². The Balaban J connectivity index is 1.36. The molecular weight excluding hydrogens is 524 g/mol. The Morgan fingerprint density at radius 3 is 2.62 bits per heavy atom. The minimum Gasteiger partial charge on any atom is -0.481 e. The Morgan fingerprint density at radius 1 is 1.18 bits per heavy atom. The lowest BCUT2D eigenvalue weighted by Gasteiger charge is -2.42. The fraction of sp³-hybridized carbons (Fsp3) is 0.448. The predicted molar refractivity (Wildman–Crippen MR) is 158 cm³/mol. The summed E-state index contributed by atoms with van der Waals surface area (Å²) in [7, 11) is 1.60. The van der Waals surface area contributed by atoms with E-state index in [-0.39, 0.29) is 22.7 Å². The Morgan fingerprint density at radius 2 is 1.93 bits per heavy atom. The lowest BCUT2D eigenvalue weighted by Crippen LogP contribution is -2.47. The lowest BCUT2D eigenvalue weighted by atomic mass is 10.1. The van der Waals surface area contributed by atoms with E-state index in [0.29, 0.717) is 23.0 Å².